The number of aryl methyl sites for hydroxylation is 2. The van der Waals surface area contributed by atoms with Gasteiger partial charge in [-0.05, 0) is 70.0 Å². The van der Waals surface area contributed by atoms with Crippen molar-refractivity contribution in [3.8, 4) is 11.3 Å². The molecule has 6 nitrogen and oxygen atoms in total. The highest BCUT2D eigenvalue weighted by molar-refractivity contribution is 7.15. The van der Waals surface area contributed by atoms with E-state index in [1.54, 1.807) is 35.6 Å². The van der Waals surface area contributed by atoms with E-state index in [0.29, 0.717) is 27.4 Å². The van der Waals surface area contributed by atoms with E-state index in [1.807, 2.05) is 32.0 Å². The molecular weight excluding hydrogens is 458 g/mol. The van der Waals surface area contributed by atoms with Crippen molar-refractivity contribution >= 4 is 33.3 Å². The van der Waals surface area contributed by atoms with Gasteiger partial charge in [0.15, 0.2) is 10.6 Å². The molecule has 2 aromatic carbocycles. The predicted molar refractivity (Wildman–Crippen MR) is 141 cm³/mol. The lowest BCUT2D eigenvalue weighted by molar-refractivity contribution is 0.102. The van der Waals surface area contributed by atoms with Gasteiger partial charge in [-0.15, -0.1) is 11.3 Å². The Kier molecular flexibility index (Phi) is 6.54. The largest absolute Gasteiger partial charge is 0.456 e. The molecule has 4 aromatic rings. The summed E-state index contributed by atoms with van der Waals surface area (Å²) in [4.78, 5) is 33.6. The summed E-state index contributed by atoms with van der Waals surface area (Å²) >= 11 is 1.55. The smallest absolute Gasteiger partial charge is 0.257 e. The molecule has 0 atom stereocenters. The van der Waals surface area contributed by atoms with Crippen LogP contribution in [-0.4, -0.2) is 28.9 Å². The number of amides is 1. The van der Waals surface area contributed by atoms with Crippen LogP contribution in [0.1, 0.15) is 46.3 Å². The first kappa shape index (κ1) is 23.5. The second-order valence-electron chi connectivity index (χ2n) is 9.49. The molecule has 180 valence electrons. The van der Waals surface area contributed by atoms with Gasteiger partial charge in [-0.2, -0.15) is 0 Å². The quantitative estimate of drug-likeness (QED) is 0.373. The molecule has 0 bridgehead atoms. The number of hydrogen-bond acceptors (Lipinski definition) is 6. The Labute approximate surface area is 208 Å². The van der Waals surface area contributed by atoms with Crippen LogP contribution in [0.15, 0.2) is 57.7 Å². The highest BCUT2D eigenvalue weighted by Crippen LogP contribution is 2.27. The van der Waals surface area contributed by atoms with E-state index in [2.05, 4.69) is 22.1 Å². The van der Waals surface area contributed by atoms with Gasteiger partial charge in [-0.3, -0.25) is 19.8 Å². The molecule has 0 unspecified atom stereocenters. The first-order valence-electron chi connectivity index (χ1n) is 12.0. The fraction of sp³-hybridized carbons (Fsp3) is 0.321. The number of aromatic nitrogens is 1. The predicted octanol–water partition coefficient (Wildman–Crippen LogP) is 6.02. The molecule has 1 amide bonds. The van der Waals surface area contributed by atoms with Gasteiger partial charge in [0.25, 0.3) is 5.91 Å². The molecule has 5 rings (SSSR count). The third-order valence-electron chi connectivity index (χ3n) is 6.67. The molecule has 1 aliphatic rings. The fourth-order valence-corrected chi connectivity index (χ4v) is 5.42. The topological polar surface area (TPSA) is 75.4 Å². The maximum Gasteiger partial charge on any atom is 0.257 e. The van der Waals surface area contributed by atoms with Crippen molar-refractivity contribution < 1.29 is 9.21 Å². The van der Waals surface area contributed by atoms with Crippen LogP contribution in [0.4, 0.5) is 5.13 Å². The van der Waals surface area contributed by atoms with Crippen molar-refractivity contribution in [3.05, 3.63) is 80.5 Å². The number of rotatable bonds is 5. The summed E-state index contributed by atoms with van der Waals surface area (Å²) in [5, 5.41) is 4.12. The number of fused-ring (bicyclic) bond motifs is 1. The van der Waals surface area contributed by atoms with E-state index in [1.165, 1.54) is 23.8 Å². The van der Waals surface area contributed by atoms with Crippen molar-refractivity contribution in [1.82, 2.24) is 9.88 Å². The van der Waals surface area contributed by atoms with Crippen LogP contribution < -0.4 is 10.7 Å². The zero-order valence-corrected chi connectivity index (χ0v) is 21.1. The summed E-state index contributed by atoms with van der Waals surface area (Å²) in [5.41, 5.74) is 3.71. The summed E-state index contributed by atoms with van der Waals surface area (Å²) in [6.45, 7) is 9.37. The minimum Gasteiger partial charge on any atom is -0.456 e. The van der Waals surface area contributed by atoms with E-state index in [-0.39, 0.29) is 11.3 Å². The number of nitrogens with zero attached hydrogens (tertiary/aromatic N) is 2. The second kappa shape index (κ2) is 9.76. The first-order valence-corrected chi connectivity index (χ1v) is 12.8. The molecule has 1 aliphatic heterocycles. The van der Waals surface area contributed by atoms with Gasteiger partial charge in [0.2, 0.25) is 0 Å². The van der Waals surface area contributed by atoms with Crippen molar-refractivity contribution in [2.45, 2.75) is 40.2 Å². The maximum absolute atomic E-state index is 12.8. The lowest BCUT2D eigenvalue weighted by atomic mass is 9.99. The number of anilines is 1. The van der Waals surface area contributed by atoms with Gasteiger partial charge in [0, 0.05) is 28.6 Å². The summed E-state index contributed by atoms with van der Waals surface area (Å²) in [5.74, 6) is 1.07. The van der Waals surface area contributed by atoms with E-state index in [4.69, 9.17) is 4.42 Å². The molecule has 0 saturated carbocycles. The zero-order chi connectivity index (χ0) is 24.5. The molecule has 7 heteroatoms. The van der Waals surface area contributed by atoms with Gasteiger partial charge in [-0.25, -0.2) is 4.98 Å². The monoisotopic (exact) mass is 487 g/mol. The Bertz CT molecular complexity index is 1430. The van der Waals surface area contributed by atoms with Gasteiger partial charge in [-0.1, -0.05) is 30.7 Å². The third kappa shape index (κ3) is 5.21. The number of piperidine rings is 1. The first-order chi connectivity index (χ1) is 16.9. The summed E-state index contributed by atoms with van der Waals surface area (Å²) in [6.07, 6.45) is 2.47. The second-order valence-corrected chi connectivity index (χ2v) is 10.6. The number of nitrogens with one attached hydrogen (secondary N) is 1. The summed E-state index contributed by atoms with van der Waals surface area (Å²) in [7, 11) is 0. The Morgan fingerprint density at radius 1 is 1.11 bits per heavy atom. The molecule has 3 heterocycles. The highest BCUT2D eigenvalue weighted by atomic mass is 32.1. The van der Waals surface area contributed by atoms with Gasteiger partial charge in [0.05, 0.1) is 11.1 Å². The lowest BCUT2D eigenvalue weighted by Gasteiger charge is -2.29. The van der Waals surface area contributed by atoms with E-state index < -0.39 is 0 Å². The van der Waals surface area contributed by atoms with Crippen LogP contribution in [0.2, 0.25) is 0 Å². The van der Waals surface area contributed by atoms with Crippen LogP contribution in [0.5, 0.6) is 0 Å². The molecular formula is C28H29N3O3S. The van der Waals surface area contributed by atoms with E-state index in [9.17, 15) is 9.59 Å². The number of carbonyl (C=O) groups is 1. The minimum absolute atomic E-state index is 0.0826. The number of likely N-dealkylation sites (tertiary alicyclic amines) is 1. The van der Waals surface area contributed by atoms with Crippen LogP contribution >= 0.6 is 11.3 Å². The van der Waals surface area contributed by atoms with Crippen molar-refractivity contribution in [1.29, 1.82) is 0 Å². The van der Waals surface area contributed by atoms with Crippen LogP contribution in [0, 0.1) is 19.8 Å². The van der Waals surface area contributed by atoms with Crippen LogP contribution in [0.3, 0.4) is 0 Å². The molecule has 1 fully saturated rings. The van der Waals surface area contributed by atoms with Crippen molar-refractivity contribution in [3.63, 3.8) is 0 Å². The fourth-order valence-electron chi connectivity index (χ4n) is 4.42. The SMILES string of the molecule is Cc1ccc2oc(-c3ccc(C(=O)Nc4nc(C)c(CN5CCC(C)CC5)s4)cc3)cc(=O)c2c1. The number of thiazole rings is 1. The zero-order valence-electron chi connectivity index (χ0n) is 20.3. The Balaban J connectivity index is 1.28. The number of carbonyl (C=O) groups excluding carboxylic acids is 1. The van der Waals surface area contributed by atoms with Gasteiger partial charge < -0.3 is 4.42 Å². The molecule has 1 N–H and O–H groups in total. The highest BCUT2D eigenvalue weighted by Gasteiger charge is 2.19. The molecule has 0 aliphatic carbocycles. The Morgan fingerprint density at radius 3 is 2.60 bits per heavy atom. The normalized spacial score (nSPS) is 14.9. The molecule has 0 radical (unpaired) electrons. The lowest BCUT2D eigenvalue weighted by Crippen LogP contribution is -2.32. The molecule has 1 saturated heterocycles. The molecule has 35 heavy (non-hydrogen) atoms. The van der Waals surface area contributed by atoms with Gasteiger partial charge in [0.1, 0.15) is 11.3 Å². The van der Waals surface area contributed by atoms with E-state index >= 15 is 0 Å². The number of benzene rings is 2. The maximum atomic E-state index is 12.8. The van der Waals surface area contributed by atoms with Gasteiger partial charge >= 0.3 is 0 Å². The minimum atomic E-state index is -0.209. The third-order valence-corrected chi connectivity index (χ3v) is 7.73. The average Bonchev–Trinajstić information content (AvgIpc) is 3.19. The van der Waals surface area contributed by atoms with E-state index in [0.717, 1.165) is 42.4 Å². The van der Waals surface area contributed by atoms with Crippen LogP contribution in [-0.2, 0) is 6.54 Å². The Hall–Kier alpha value is -3.29. The van der Waals surface area contributed by atoms with Crippen molar-refractivity contribution in [2.24, 2.45) is 5.92 Å². The standard InChI is InChI=1S/C28H29N3O3S/c1-17-10-12-31(13-11-17)16-26-19(3)29-28(35-26)30-27(33)21-7-5-20(6-8-21)25-15-23(32)22-14-18(2)4-9-24(22)34-25/h4-9,14-15,17H,10-13,16H2,1-3H3,(H,29,30,33). The summed E-state index contributed by atoms with van der Waals surface area (Å²) < 4.78 is 5.95. The molecule has 2 aromatic heterocycles. The van der Waals surface area contributed by atoms with Crippen LogP contribution in [0.25, 0.3) is 22.3 Å². The Morgan fingerprint density at radius 2 is 1.86 bits per heavy atom. The molecule has 0 spiro atoms. The van der Waals surface area contributed by atoms with Crippen molar-refractivity contribution in [2.75, 3.05) is 18.4 Å². The summed E-state index contributed by atoms with van der Waals surface area (Å²) in [6, 6.07) is 14.1. The average molecular weight is 488 g/mol. The number of hydrogen-bond donors (Lipinski definition) is 1.